The molecule has 1 aliphatic rings. The molecule has 4 heterocycles. The van der Waals surface area contributed by atoms with E-state index in [0.717, 1.165) is 28.3 Å². The van der Waals surface area contributed by atoms with E-state index in [4.69, 9.17) is 21.1 Å². The van der Waals surface area contributed by atoms with E-state index in [1.165, 1.54) is 0 Å². The fraction of sp³-hybridized carbons (Fsp3) is 0.269. The van der Waals surface area contributed by atoms with Crippen LogP contribution in [0.25, 0.3) is 11.1 Å². The number of fused-ring (bicyclic) bond motifs is 1. The molecule has 0 saturated heterocycles. The number of methoxy groups -OCH3 is 2. The van der Waals surface area contributed by atoms with E-state index in [9.17, 15) is 4.79 Å². The Kier molecular flexibility index (Phi) is 6.67. The van der Waals surface area contributed by atoms with Crippen molar-refractivity contribution in [2.75, 3.05) is 26.1 Å². The minimum Gasteiger partial charge on any atom is -0.497 e. The van der Waals surface area contributed by atoms with Crippen molar-refractivity contribution in [1.29, 1.82) is 0 Å². The van der Waals surface area contributed by atoms with Crippen LogP contribution in [0.5, 0.6) is 5.75 Å². The predicted octanol–water partition coefficient (Wildman–Crippen LogP) is 4.36. The summed E-state index contributed by atoms with van der Waals surface area (Å²) < 4.78 is 14.5. The summed E-state index contributed by atoms with van der Waals surface area (Å²) in [5.41, 5.74) is 3.23. The zero-order valence-corrected chi connectivity index (χ0v) is 21.1. The van der Waals surface area contributed by atoms with Crippen LogP contribution < -0.4 is 10.1 Å². The number of nitrogens with one attached hydrogen (secondary N) is 1. The van der Waals surface area contributed by atoms with Gasteiger partial charge in [0.15, 0.2) is 0 Å². The molecule has 4 aromatic rings. The van der Waals surface area contributed by atoms with Crippen LogP contribution in [0.4, 0.5) is 11.6 Å². The SMILES string of the molecule is COC[C@H]1Cn2cc(-c3cc(Nc4ccnn4C)ncc3Cl)cc2C(=O)N1Cc1cccc(OC)c1. The van der Waals surface area contributed by atoms with E-state index in [1.54, 1.807) is 31.3 Å². The van der Waals surface area contributed by atoms with Crippen molar-refractivity contribution in [3.8, 4) is 16.9 Å². The third-order valence-electron chi connectivity index (χ3n) is 6.31. The van der Waals surface area contributed by atoms with Gasteiger partial charge >= 0.3 is 0 Å². The second-order valence-corrected chi connectivity index (χ2v) is 9.08. The number of benzene rings is 1. The number of nitrogens with zero attached hydrogens (tertiary/aromatic N) is 5. The molecule has 0 bridgehead atoms. The molecule has 0 aliphatic carbocycles. The Hall–Kier alpha value is -3.82. The summed E-state index contributed by atoms with van der Waals surface area (Å²) in [5.74, 6) is 2.13. The molecule has 0 unspecified atom stereocenters. The van der Waals surface area contributed by atoms with Crippen LogP contribution in [0.2, 0.25) is 5.02 Å². The topological polar surface area (TPSA) is 86.4 Å². The second kappa shape index (κ2) is 10.0. The Morgan fingerprint density at radius 1 is 1.19 bits per heavy atom. The number of carbonyl (C=O) groups is 1. The number of anilines is 2. The van der Waals surface area contributed by atoms with E-state index >= 15 is 0 Å². The number of halogens is 1. The summed E-state index contributed by atoms with van der Waals surface area (Å²) in [6.07, 6.45) is 5.28. The van der Waals surface area contributed by atoms with Crippen molar-refractivity contribution < 1.29 is 14.3 Å². The van der Waals surface area contributed by atoms with Gasteiger partial charge in [0.2, 0.25) is 0 Å². The lowest BCUT2D eigenvalue weighted by molar-refractivity contribution is 0.0388. The highest BCUT2D eigenvalue weighted by molar-refractivity contribution is 6.33. The van der Waals surface area contributed by atoms with Crippen LogP contribution in [-0.4, -0.2) is 57.0 Å². The van der Waals surface area contributed by atoms with Crippen LogP contribution in [0, 0.1) is 0 Å². The van der Waals surface area contributed by atoms with Gasteiger partial charge in [-0.05, 0) is 29.8 Å². The fourth-order valence-electron chi connectivity index (χ4n) is 4.49. The lowest BCUT2D eigenvalue weighted by atomic mass is 10.1. The molecule has 0 saturated carbocycles. The van der Waals surface area contributed by atoms with Gasteiger partial charge in [0.25, 0.3) is 5.91 Å². The molecular formula is C26H27ClN6O3. The average Bonchev–Trinajstić information content (AvgIpc) is 3.49. The van der Waals surface area contributed by atoms with E-state index in [-0.39, 0.29) is 11.9 Å². The van der Waals surface area contributed by atoms with Gasteiger partial charge in [-0.25, -0.2) is 4.98 Å². The Bertz CT molecular complexity index is 1400. The van der Waals surface area contributed by atoms with Crippen LogP contribution in [0.3, 0.4) is 0 Å². The van der Waals surface area contributed by atoms with Crippen molar-refractivity contribution in [3.05, 3.63) is 77.3 Å². The van der Waals surface area contributed by atoms with Crippen molar-refractivity contribution in [3.63, 3.8) is 0 Å². The molecule has 10 heteroatoms. The number of amides is 1. The Morgan fingerprint density at radius 2 is 2.06 bits per heavy atom. The summed E-state index contributed by atoms with van der Waals surface area (Å²) in [6.45, 7) is 1.50. The van der Waals surface area contributed by atoms with Crippen LogP contribution in [0.15, 0.2) is 61.1 Å². The van der Waals surface area contributed by atoms with Crippen molar-refractivity contribution in [1.82, 2.24) is 24.2 Å². The molecule has 36 heavy (non-hydrogen) atoms. The van der Waals surface area contributed by atoms with Gasteiger partial charge in [0.1, 0.15) is 23.1 Å². The number of hydrogen-bond acceptors (Lipinski definition) is 6. The van der Waals surface area contributed by atoms with E-state index in [0.29, 0.717) is 36.2 Å². The van der Waals surface area contributed by atoms with E-state index < -0.39 is 0 Å². The first-order valence-corrected chi connectivity index (χ1v) is 11.9. The van der Waals surface area contributed by atoms with Gasteiger partial charge in [-0.1, -0.05) is 23.7 Å². The molecule has 5 rings (SSSR count). The Morgan fingerprint density at radius 3 is 2.81 bits per heavy atom. The summed E-state index contributed by atoms with van der Waals surface area (Å²) >= 11 is 6.54. The van der Waals surface area contributed by atoms with Gasteiger partial charge in [-0.15, -0.1) is 0 Å². The van der Waals surface area contributed by atoms with Crippen molar-refractivity contribution in [2.24, 2.45) is 7.05 Å². The lowest BCUT2D eigenvalue weighted by Crippen LogP contribution is -2.49. The van der Waals surface area contributed by atoms with E-state index in [1.807, 2.05) is 65.2 Å². The molecule has 9 nitrogen and oxygen atoms in total. The Labute approximate surface area is 214 Å². The first kappa shape index (κ1) is 23.9. The zero-order valence-electron chi connectivity index (χ0n) is 20.3. The molecule has 0 fully saturated rings. The number of ether oxygens (including phenoxy) is 2. The number of aryl methyl sites for hydroxylation is 1. The molecular weight excluding hydrogens is 480 g/mol. The van der Waals surface area contributed by atoms with Gasteiger partial charge in [-0.2, -0.15) is 5.10 Å². The second-order valence-electron chi connectivity index (χ2n) is 8.67. The normalized spacial score (nSPS) is 15.2. The molecule has 1 aliphatic heterocycles. The minimum atomic E-state index is -0.114. The molecule has 1 amide bonds. The van der Waals surface area contributed by atoms with Crippen LogP contribution >= 0.6 is 11.6 Å². The standard InChI is InChI=1S/C26H27ClN6O3/c1-31-25(7-8-29-31)30-24-11-21(22(27)12-28-24)18-10-23-26(34)33(19(16-35-2)15-32(23)14-18)13-17-5-4-6-20(9-17)36-3/h4-12,14,19H,13,15-16H2,1-3H3,(H,28,30)/t19-/m1/s1. The molecule has 1 N–H and O–H groups in total. The highest BCUT2D eigenvalue weighted by Crippen LogP contribution is 2.34. The number of aromatic nitrogens is 4. The molecule has 0 radical (unpaired) electrons. The summed E-state index contributed by atoms with van der Waals surface area (Å²) in [5, 5.41) is 7.92. The average molecular weight is 507 g/mol. The van der Waals surface area contributed by atoms with Gasteiger partial charge in [0.05, 0.1) is 31.0 Å². The maximum absolute atomic E-state index is 13.7. The highest BCUT2D eigenvalue weighted by atomic mass is 35.5. The predicted molar refractivity (Wildman–Crippen MR) is 138 cm³/mol. The summed E-state index contributed by atoms with van der Waals surface area (Å²) in [7, 11) is 5.13. The maximum atomic E-state index is 13.7. The Balaban J connectivity index is 1.46. The molecule has 0 spiro atoms. The largest absolute Gasteiger partial charge is 0.497 e. The first-order valence-electron chi connectivity index (χ1n) is 11.5. The quantitative estimate of drug-likeness (QED) is 0.382. The lowest BCUT2D eigenvalue weighted by Gasteiger charge is -2.36. The van der Waals surface area contributed by atoms with E-state index in [2.05, 4.69) is 15.4 Å². The number of carbonyl (C=O) groups excluding carboxylic acids is 1. The van der Waals surface area contributed by atoms with Crippen LogP contribution in [-0.2, 0) is 24.9 Å². The van der Waals surface area contributed by atoms with Crippen molar-refractivity contribution in [2.45, 2.75) is 19.1 Å². The molecule has 186 valence electrons. The third kappa shape index (κ3) is 4.67. The smallest absolute Gasteiger partial charge is 0.271 e. The van der Waals surface area contributed by atoms with Gasteiger partial charge < -0.3 is 24.3 Å². The fourth-order valence-corrected chi connectivity index (χ4v) is 4.70. The molecule has 3 aromatic heterocycles. The number of pyridine rings is 1. The monoisotopic (exact) mass is 506 g/mol. The highest BCUT2D eigenvalue weighted by Gasteiger charge is 2.33. The summed E-state index contributed by atoms with van der Waals surface area (Å²) in [6, 6.07) is 13.3. The summed E-state index contributed by atoms with van der Waals surface area (Å²) in [4.78, 5) is 19.9. The molecule has 1 atom stereocenters. The number of rotatable bonds is 8. The van der Waals surface area contributed by atoms with Crippen molar-refractivity contribution >= 4 is 29.1 Å². The van der Waals surface area contributed by atoms with Gasteiger partial charge in [0, 0.05) is 56.8 Å². The number of hydrogen-bond donors (Lipinski definition) is 1. The maximum Gasteiger partial charge on any atom is 0.271 e. The third-order valence-corrected chi connectivity index (χ3v) is 6.62. The minimum absolute atomic E-state index is 0.0595. The first-order chi connectivity index (χ1) is 17.5. The van der Waals surface area contributed by atoms with Gasteiger partial charge in [-0.3, -0.25) is 9.48 Å². The zero-order chi connectivity index (χ0) is 25.2. The molecule has 1 aromatic carbocycles. The van der Waals surface area contributed by atoms with Crippen LogP contribution in [0.1, 0.15) is 16.1 Å².